The summed E-state index contributed by atoms with van der Waals surface area (Å²) in [5.74, 6) is 1.34. The molecule has 0 unspecified atom stereocenters. The van der Waals surface area contributed by atoms with Gasteiger partial charge in [-0.2, -0.15) is 0 Å². The monoisotopic (exact) mass is 197 g/mol. The third-order valence-corrected chi connectivity index (χ3v) is 1.79. The normalized spacial score (nSPS) is 9.93. The molecule has 1 aromatic rings. The highest BCUT2D eigenvalue weighted by Crippen LogP contribution is 2.20. The number of ether oxygens (including phenoxy) is 3. The first kappa shape index (κ1) is 10.8. The maximum Gasteiger partial charge on any atom is 0.217 e. The van der Waals surface area contributed by atoms with Gasteiger partial charge < -0.3 is 14.2 Å². The smallest absolute Gasteiger partial charge is 0.217 e. The van der Waals surface area contributed by atoms with Crippen LogP contribution >= 0.6 is 0 Å². The average molecular weight is 197 g/mol. The van der Waals surface area contributed by atoms with Gasteiger partial charge in [-0.15, -0.1) is 0 Å². The number of methoxy groups -OCH3 is 2. The fourth-order valence-electron chi connectivity index (χ4n) is 1.02. The topological polar surface area (TPSA) is 40.6 Å². The lowest BCUT2D eigenvalue weighted by Crippen LogP contribution is -2.05. The molecule has 4 nitrogen and oxygen atoms in total. The predicted octanol–water partition coefficient (Wildman–Crippen LogP) is 1.42. The summed E-state index contributed by atoms with van der Waals surface area (Å²) in [6.45, 7) is 2.98. The van der Waals surface area contributed by atoms with Crippen molar-refractivity contribution in [2.24, 2.45) is 0 Å². The van der Waals surface area contributed by atoms with Crippen molar-refractivity contribution in [3.8, 4) is 11.6 Å². The molecule has 0 amide bonds. The first-order valence-corrected chi connectivity index (χ1v) is 4.40. The Morgan fingerprint density at radius 3 is 2.71 bits per heavy atom. The number of nitrogens with zero attached hydrogens (tertiary/aromatic N) is 1. The van der Waals surface area contributed by atoms with Crippen LogP contribution < -0.4 is 9.47 Å². The number of aryl methyl sites for hydroxylation is 1. The van der Waals surface area contributed by atoms with Gasteiger partial charge in [-0.3, -0.25) is 0 Å². The van der Waals surface area contributed by atoms with E-state index < -0.39 is 0 Å². The van der Waals surface area contributed by atoms with Crippen molar-refractivity contribution >= 4 is 0 Å². The van der Waals surface area contributed by atoms with Gasteiger partial charge in [0.1, 0.15) is 12.4 Å². The van der Waals surface area contributed by atoms with Gasteiger partial charge in [-0.1, -0.05) is 0 Å². The molecule has 0 aliphatic heterocycles. The minimum Gasteiger partial charge on any atom is -0.496 e. The van der Waals surface area contributed by atoms with Crippen molar-refractivity contribution in [3.63, 3.8) is 0 Å². The Bertz CT molecular complexity index is 289. The lowest BCUT2D eigenvalue weighted by Gasteiger charge is -2.07. The number of hydrogen-bond acceptors (Lipinski definition) is 4. The van der Waals surface area contributed by atoms with E-state index in [1.165, 1.54) is 0 Å². The molecule has 14 heavy (non-hydrogen) atoms. The van der Waals surface area contributed by atoms with Crippen LogP contribution in [0.1, 0.15) is 5.56 Å². The fourth-order valence-corrected chi connectivity index (χ4v) is 1.02. The lowest BCUT2D eigenvalue weighted by atomic mass is 10.3. The molecule has 0 atom stereocenters. The molecule has 0 radical (unpaired) electrons. The summed E-state index contributed by atoms with van der Waals surface area (Å²) >= 11 is 0. The molecule has 0 N–H and O–H groups in total. The fraction of sp³-hybridized carbons (Fsp3) is 0.500. The van der Waals surface area contributed by atoms with Gasteiger partial charge in [0.2, 0.25) is 5.88 Å². The van der Waals surface area contributed by atoms with Crippen molar-refractivity contribution in [2.75, 3.05) is 27.4 Å². The molecule has 1 heterocycles. The van der Waals surface area contributed by atoms with Crippen molar-refractivity contribution < 1.29 is 14.2 Å². The molecular weight excluding hydrogens is 182 g/mol. The van der Waals surface area contributed by atoms with Crippen LogP contribution in [0.3, 0.4) is 0 Å². The lowest BCUT2D eigenvalue weighted by molar-refractivity contribution is 0.143. The van der Waals surface area contributed by atoms with E-state index in [2.05, 4.69) is 4.98 Å². The van der Waals surface area contributed by atoms with Gasteiger partial charge in [0, 0.05) is 24.9 Å². The van der Waals surface area contributed by atoms with Crippen molar-refractivity contribution in [2.45, 2.75) is 6.92 Å². The van der Waals surface area contributed by atoms with Crippen LogP contribution in [0.4, 0.5) is 0 Å². The zero-order valence-electron chi connectivity index (χ0n) is 8.74. The second kappa shape index (κ2) is 5.44. The number of pyridine rings is 1. The molecule has 0 saturated carbocycles. The molecule has 0 saturated heterocycles. The third kappa shape index (κ3) is 2.88. The quantitative estimate of drug-likeness (QED) is 0.669. The summed E-state index contributed by atoms with van der Waals surface area (Å²) in [6, 6.07) is 1.77. The highest BCUT2D eigenvalue weighted by molar-refractivity contribution is 5.34. The van der Waals surface area contributed by atoms with Crippen LogP contribution in [0.2, 0.25) is 0 Å². The maximum atomic E-state index is 5.33. The van der Waals surface area contributed by atoms with Gasteiger partial charge in [-0.25, -0.2) is 4.98 Å². The van der Waals surface area contributed by atoms with Crippen LogP contribution in [-0.4, -0.2) is 32.4 Å². The highest BCUT2D eigenvalue weighted by Gasteiger charge is 2.01. The van der Waals surface area contributed by atoms with Crippen molar-refractivity contribution in [1.82, 2.24) is 4.98 Å². The molecule has 0 fully saturated rings. The van der Waals surface area contributed by atoms with Crippen LogP contribution in [0.15, 0.2) is 12.3 Å². The summed E-state index contributed by atoms with van der Waals surface area (Å²) in [5, 5.41) is 0. The van der Waals surface area contributed by atoms with Gasteiger partial charge in [-0.05, 0) is 6.92 Å². The number of aromatic nitrogens is 1. The van der Waals surface area contributed by atoms with Gasteiger partial charge in [0.25, 0.3) is 0 Å². The minimum atomic E-state index is 0.496. The van der Waals surface area contributed by atoms with Crippen LogP contribution in [0.25, 0.3) is 0 Å². The molecule has 1 aromatic heterocycles. The van der Waals surface area contributed by atoms with E-state index >= 15 is 0 Å². The van der Waals surface area contributed by atoms with E-state index in [1.807, 2.05) is 6.92 Å². The summed E-state index contributed by atoms with van der Waals surface area (Å²) in [6.07, 6.45) is 1.72. The van der Waals surface area contributed by atoms with E-state index in [9.17, 15) is 0 Å². The van der Waals surface area contributed by atoms with Gasteiger partial charge in [0.15, 0.2) is 0 Å². The Labute approximate surface area is 83.8 Å². The van der Waals surface area contributed by atoms with Crippen LogP contribution in [0, 0.1) is 6.92 Å². The molecule has 0 aliphatic carbocycles. The second-order valence-electron chi connectivity index (χ2n) is 2.83. The van der Waals surface area contributed by atoms with Gasteiger partial charge >= 0.3 is 0 Å². The first-order valence-electron chi connectivity index (χ1n) is 4.40. The SMILES string of the molecule is COCCOc1cc(OC)c(C)cn1. The summed E-state index contributed by atoms with van der Waals surface area (Å²) in [4.78, 5) is 4.10. The summed E-state index contributed by atoms with van der Waals surface area (Å²) in [7, 11) is 3.26. The Hall–Kier alpha value is -1.29. The summed E-state index contributed by atoms with van der Waals surface area (Å²) < 4.78 is 15.3. The Morgan fingerprint density at radius 2 is 2.07 bits per heavy atom. The standard InChI is InChI=1S/C10H15NO3/c1-8-7-11-10(6-9(8)13-3)14-5-4-12-2/h6-7H,4-5H2,1-3H3. The zero-order valence-corrected chi connectivity index (χ0v) is 8.74. The minimum absolute atomic E-state index is 0.496. The van der Waals surface area contributed by atoms with Crippen molar-refractivity contribution in [1.29, 1.82) is 0 Å². The Morgan fingerprint density at radius 1 is 1.29 bits per heavy atom. The highest BCUT2D eigenvalue weighted by atomic mass is 16.5. The number of hydrogen-bond donors (Lipinski definition) is 0. The first-order chi connectivity index (χ1) is 6.77. The average Bonchev–Trinajstić information content (AvgIpc) is 2.21. The third-order valence-electron chi connectivity index (χ3n) is 1.79. The molecule has 0 bridgehead atoms. The van der Waals surface area contributed by atoms with Crippen molar-refractivity contribution in [3.05, 3.63) is 17.8 Å². The molecule has 0 spiro atoms. The van der Waals surface area contributed by atoms with E-state index in [1.54, 1.807) is 26.5 Å². The number of rotatable bonds is 5. The van der Waals surface area contributed by atoms with E-state index in [0.717, 1.165) is 11.3 Å². The Balaban J connectivity index is 2.60. The maximum absolute atomic E-state index is 5.33. The molecule has 1 rings (SSSR count). The van der Waals surface area contributed by atoms with E-state index in [-0.39, 0.29) is 0 Å². The van der Waals surface area contributed by atoms with E-state index in [4.69, 9.17) is 14.2 Å². The second-order valence-corrected chi connectivity index (χ2v) is 2.83. The Kier molecular flexibility index (Phi) is 4.19. The molecule has 4 heteroatoms. The molecule has 0 aromatic carbocycles. The molecular formula is C10H15NO3. The zero-order chi connectivity index (χ0) is 10.4. The van der Waals surface area contributed by atoms with Gasteiger partial charge in [0.05, 0.1) is 13.7 Å². The van der Waals surface area contributed by atoms with E-state index in [0.29, 0.717) is 19.1 Å². The predicted molar refractivity (Wildman–Crippen MR) is 52.9 cm³/mol. The van der Waals surface area contributed by atoms with Crippen LogP contribution in [-0.2, 0) is 4.74 Å². The molecule has 78 valence electrons. The largest absolute Gasteiger partial charge is 0.496 e. The summed E-state index contributed by atoms with van der Waals surface area (Å²) in [5.41, 5.74) is 0.992. The van der Waals surface area contributed by atoms with Crippen LogP contribution in [0.5, 0.6) is 11.6 Å². The molecule has 0 aliphatic rings.